The van der Waals surface area contributed by atoms with Crippen molar-refractivity contribution in [3.05, 3.63) is 57.4 Å². The number of aromatic nitrogens is 4. The van der Waals surface area contributed by atoms with Crippen molar-refractivity contribution >= 4 is 29.1 Å². The first-order valence-electron chi connectivity index (χ1n) is 12.3. The normalized spacial score (nSPS) is 16.6. The second-order valence-electron chi connectivity index (χ2n) is 10.0. The lowest BCUT2D eigenvalue weighted by Crippen LogP contribution is -2.42. The molecular formula is C25H32N8O2S. The number of hydrogen-bond acceptors (Lipinski definition) is 9. The maximum Gasteiger partial charge on any atom is 0.269 e. The van der Waals surface area contributed by atoms with Crippen molar-refractivity contribution in [2.45, 2.75) is 54.6 Å². The van der Waals surface area contributed by atoms with Crippen LogP contribution in [0.15, 0.2) is 40.4 Å². The standard InChI is InChI=1S/C25H32N8O2S/c1-17-16-21(29-32(17)15-14-30(2)3)31-12-10-25(11-13-31)9-8-20-22(25)27-24(28-23(20)26)36-19-6-4-18(5-7-19)33(34)35/h4-7,16H,8-15H2,1-3H3,(H2,26,27,28). The van der Waals surface area contributed by atoms with Crippen LogP contribution in [0, 0.1) is 17.0 Å². The zero-order valence-electron chi connectivity index (χ0n) is 21.0. The Morgan fingerprint density at radius 3 is 2.56 bits per heavy atom. The minimum Gasteiger partial charge on any atom is -0.383 e. The van der Waals surface area contributed by atoms with Gasteiger partial charge in [0.2, 0.25) is 0 Å². The molecule has 1 spiro atoms. The van der Waals surface area contributed by atoms with Crippen LogP contribution in [0.3, 0.4) is 0 Å². The van der Waals surface area contributed by atoms with Crippen LogP contribution in [0.1, 0.15) is 36.2 Å². The Morgan fingerprint density at radius 2 is 1.89 bits per heavy atom. The molecule has 1 aliphatic carbocycles. The van der Waals surface area contributed by atoms with Gasteiger partial charge in [-0.2, -0.15) is 5.10 Å². The van der Waals surface area contributed by atoms with Crippen LogP contribution in [0.5, 0.6) is 0 Å². The van der Waals surface area contributed by atoms with Crippen molar-refractivity contribution in [3.63, 3.8) is 0 Å². The molecule has 1 saturated heterocycles. The number of hydrogen-bond donors (Lipinski definition) is 1. The van der Waals surface area contributed by atoms with Gasteiger partial charge in [0.15, 0.2) is 11.0 Å². The van der Waals surface area contributed by atoms with Crippen LogP contribution < -0.4 is 10.6 Å². The van der Waals surface area contributed by atoms with E-state index in [1.807, 2.05) is 0 Å². The molecule has 0 bridgehead atoms. The Labute approximate surface area is 215 Å². The molecule has 0 atom stereocenters. The van der Waals surface area contributed by atoms with Crippen molar-refractivity contribution in [2.75, 3.05) is 44.4 Å². The minimum absolute atomic E-state index is 0.0101. The number of nitrogen functional groups attached to an aromatic ring is 1. The van der Waals surface area contributed by atoms with Gasteiger partial charge in [0, 0.05) is 59.4 Å². The van der Waals surface area contributed by atoms with Gasteiger partial charge in [0.25, 0.3) is 5.69 Å². The van der Waals surface area contributed by atoms with E-state index in [1.165, 1.54) is 29.6 Å². The number of piperidine rings is 1. The van der Waals surface area contributed by atoms with Gasteiger partial charge in [0.05, 0.1) is 17.2 Å². The number of non-ortho nitro benzene ring substituents is 1. The summed E-state index contributed by atoms with van der Waals surface area (Å²) in [6.45, 7) is 5.82. The van der Waals surface area contributed by atoms with E-state index in [9.17, 15) is 10.1 Å². The fraction of sp³-hybridized carbons (Fsp3) is 0.480. The van der Waals surface area contributed by atoms with Crippen molar-refractivity contribution < 1.29 is 4.92 Å². The van der Waals surface area contributed by atoms with Gasteiger partial charge in [-0.3, -0.25) is 14.8 Å². The quantitative estimate of drug-likeness (QED) is 0.290. The van der Waals surface area contributed by atoms with Crippen LogP contribution in [-0.2, 0) is 18.4 Å². The van der Waals surface area contributed by atoms with Gasteiger partial charge in [0.1, 0.15) is 5.82 Å². The second kappa shape index (κ2) is 9.70. The third-order valence-corrected chi connectivity index (χ3v) is 8.28. The molecule has 10 nitrogen and oxygen atoms in total. The highest BCUT2D eigenvalue weighted by molar-refractivity contribution is 7.99. The first-order chi connectivity index (χ1) is 17.2. The van der Waals surface area contributed by atoms with Gasteiger partial charge in [-0.1, -0.05) is 0 Å². The summed E-state index contributed by atoms with van der Waals surface area (Å²) in [4.78, 5) is 25.5. The first-order valence-corrected chi connectivity index (χ1v) is 13.1. The summed E-state index contributed by atoms with van der Waals surface area (Å²) in [7, 11) is 4.16. The molecule has 1 fully saturated rings. The summed E-state index contributed by atoms with van der Waals surface area (Å²) in [6, 6.07) is 8.64. The van der Waals surface area contributed by atoms with Crippen LogP contribution >= 0.6 is 11.8 Å². The smallest absolute Gasteiger partial charge is 0.269 e. The first kappa shape index (κ1) is 24.5. The average Bonchev–Trinajstić information content (AvgIpc) is 3.39. The van der Waals surface area contributed by atoms with E-state index in [-0.39, 0.29) is 11.1 Å². The minimum atomic E-state index is -0.399. The Hall–Kier alpha value is -3.18. The summed E-state index contributed by atoms with van der Waals surface area (Å²) in [6.07, 6.45) is 3.95. The van der Waals surface area contributed by atoms with Gasteiger partial charge in [-0.25, -0.2) is 9.97 Å². The Balaban J connectivity index is 1.31. The highest BCUT2D eigenvalue weighted by Gasteiger charge is 2.44. The van der Waals surface area contributed by atoms with Gasteiger partial charge < -0.3 is 15.5 Å². The number of aryl methyl sites for hydroxylation is 1. The van der Waals surface area contributed by atoms with Gasteiger partial charge in [-0.15, -0.1) is 0 Å². The van der Waals surface area contributed by atoms with E-state index in [0.29, 0.717) is 11.0 Å². The number of nitro groups is 1. The molecule has 2 N–H and O–H groups in total. The fourth-order valence-corrected chi connectivity index (χ4v) is 6.02. The third kappa shape index (κ3) is 4.77. The molecule has 5 rings (SSSR count). The number of benzene rings is 1. The molecule has 0 amide bonds. The molecule has 190 valence electrons. The number of anilines is 2. The molecule has 1 aromatic carbocycles. The lowest BCUT2D eigenvalue weighted by molar-refractivity contribution is -0.384. The van der Waals surface area contributed by atoms with E-state index in [2.05, 4.69) is 46.6 Å². The zero-order chi connectivity index (χ0) is 25.4. The van der Waals surface area contributed by atoms with Gasteiger partial charge in [-0.05, 0) is 70.6 Å². The van der Waals surface area contributed by atoms with Crippen LogP contribution in [-0.4, -0.2) is 63.3 Å². The number of fused-ring (bicyclic) bond motifs is 2. The summed E-state index contributed by atoms with van der Waals surface area (Å²) in [5, 5.41) is 16.4. The molecule has 0 unspecified atom stereocenters. The van der Waals surface area contributed by atoms with Crippen molar-refractivity contribution in [1.82, 2.24) is 24.6 Å². The van der Waals surface area contributed by atoms with E-state index in [0.717, 1.165) is 73.8 Å². The lowest BCUT2D eigenvalue weighted by Gasteiger charge is -2.39. The number of nitrogens with zero attached hydrogens (tertiary/aromatic N) is 7. The summed E-state index contributed by atoms with van der Waals surface area (Å²) in [5.74, 6) is 1.61. The summed E-state index contributed by atoms with van der Waals surface area (Å²) >= 11 is 1.39. The Bertz CT molecular complexity index is 1270. The predicted octanol–water partition coefficient (Wildman–Crippen LogP) is 3.67. The van der Waals surface area contributed by atoms with Crippen LogP contribution in [0.4, 0.5) is 17.3 Å². The molecule has 3 heterocycles. The second-order valence-corrected chi connectivity index (χ2v) is 11.1. The third-order valence-electron chi connectivity index (χ3n) is 7.40. The SMILES string of the molecule is Cc1cc(N2CCC3(CCc4c(N)nc(Sc5ccc([N+](=O)[O-])cc5)nc43)CC2)nn1CCN(C)C. The van der Waals surface area contributed by atoms with Crippen LogP contribution in [0.2, 0.25) is 0 Å². The largest absolute Gasteiger partial charge is 0.383 e. The number of nitrogens with two attached hydrogens (primary N) is 1. The average molecular weight is 509 g/mol. The summed E-state index contributed by atoms with van der Waals surface area (Å²) < 4.78 is 2.10. The Morgan fingerprint density at radius 1 is 1.17 bits per heavy atom. The number of likely N-dealkylation sites (N-methyl/N-ethyl adjacent to an activating group) is 1. The molecular weight excluding hydrogens is 476 g/mol. The molecule has 11 heteroatoms. The lowest BCUT2D eigenvalue weighted by atomic mass is 9.76. The molecule has 36 heavy (non-hydrogen) atoms. The predicted molar refractivity (Wildman–Crippen MR) is 141 cm³/mol. The molecule has 1 aliphatic heterocycles. The maximum absolute atomic E-state index is 10.9. The molecule has 0 saturated carbocycles. The maximum atomic E-state index is 10.9. The fourth-order valence-electron chi connectivity index (χ4n) is 5.25. The van der Waals surface area contributed by atoms with Crippen LogP contribution in [0.25, 0.3) is 0 Å². The number of nitro benzene ring substituents is 1. The molecule has 2 aliphatic rings. The zero-order valence-corrected chi connectivity index (χ0v) is 21.8. The summed E-state index contributed by atoms with van der Waals surface area (Å²) in [5.41, 5.74) is 9.82. The van der Waals surface area contributed by atoms with Crippen molar-refractivity contribution in [2.24, 2.45) is 0 Å². The number of rotatable bonds is 7. The Kier molecular flexibility index (Phi) is 6.60. The highest BCUT2D eigenvalue weighted by Crippen LogP contribution is 2.47. The highest BCUT2D eigenvalue weighted by atomic mass is 32.2. The molecule has 2 aromatic heterocycles. The van der Waals surface area contributed by atoms with Crippen molar-refractivity contribution in [1.29, 1.82) is 0 Å². The molecule has 0 radical (unpaired) electrons. The van der Waals surface area contributed by atoms with E-state index < -0.39 is 4.92 Å². The monoisotopic (exact) mass is 508 g/mol. The van der Waals surface area contributed by atoms with E-state index >= 15 is 0 Å². The van der Waals surface area contributed by atoms with Crippen molar-refractivity contribution in [3.8, 4) is 0 Å². The van der Waals surface area contributed by atoms with Gasteiger partial charge >= 0.3 is 0 Å². The molecule has 3 aromatic rings. The van der Waals surface area contributed by atoms with E-state index in [4.69, 9.17) is 15.8 Å². The van der Waals surface area contributed by atoms with E-state index in [1.54, 1.807) is 12.1 Å². The topological polar surface area (TPSA) is 119 Å².